The number of esters is 1. The fourth-order valence-electron chi connectivity index (χ4n) is 0.657. The molecule has 0 bridgehead atoms. The zero-order valence-electron chi connectivity index (χ0n) is 6.45. The number of carbonyl (C=O) groups is 1. The van der Waals surface area contributed by atoms with Crippen LogP contribution < -0.4 is 0 Å². The Hall–Kier alpha value is -1.16. The zero-order chi connectivity index (χ0) is 8.97. The van der Waals surface area contributed by atoms with E-state index < -0.39 is 5.97 Å². The Labute approximate surface area is 74.5 Å². The number of nitrogens with zero attached hydrogens (tertiary/aromatic N) is 2. The smallest absolute Gasteiger partial charge is 0.360 e. The van der Waals surface area contributed by atoms with Crippen LogP contribution in [-0.4, -0.2) is 22.5 Å². The molecular formula is C7H7ClN2O2. The molecule has 0 atom stereocenters. The molecule has 0 aliphatic heterocycles. The number of hydrogen-bond acceptors (Lipinski definition) is 4. The largest absolute Gasteiger partial charge is 0.461 e. The standard InChI is InChI=1S/C7H7ClN2O2/c1-2-12-7(11)5-6(8)10-4-3-9-5/h3-4H,2H2,1H3. The lowest BCUT2D eigenvalue weighted by Gasteiger charge is -2.00. The number of rotatable bonds is 2. The van der Waals surface area contributed by atoms with Crippen LogP contribution in [0.25, 0.3) is 0 Å². The van der Waals surface area contributed by atoms with Crippen LogP contribution in [0.4, 0.5) is 0 Å². The number of halogens is 1. The van der Waals surface area contributed by atoms with Crippen LogP contribution in [-0.2, 0) is 4.74 Å². The van der Waals surface area contributed by atoms with Gasteiger partial charge in [0.15, 0.2) is 10.8 Å². The summed E-state index contributed by atoms with van der Waals surface area (Å²) in [6.45, 7) is 2.01. The van der Waals surface area contributed by atoms with Gasteiger partial charge in [-0.15, -0.1) is 0 Å². The number of ether oxygens (including phenoxy) is 1. The van der Waals surface area contributed by atoms with Crippen LogP contribution in [0.15, 0.2) is 12.4 Å². The van der Waals surface area contributed by atoms with Gasteiger partial charge in [0.05, 0.1) is 6.61 Å². The average molecular weight is 187 g/mol. The van der Waals surface area contributed by atoms with E-state index in [9.17, 15) is 4.79 Å². The zero-order valence-corrected chi connectivity index (χ0v) is 7.21. The Balaban J connectivity index is 2.87. The second-order valence-electron chi connectivity index (χ2n) is 1.92. The lowest BCUT2D eigenvalue weighted by Crippen LogP contribution is -2.08. The second-order valence-corrected chi connectivity index (χ2v) is 2.27. The summed E-state index contributed by atoms with van der Waals surface area (Å²) < 4.78 is 4.68. The van der Waals surface area contributed by atoms with Gasteiger partial charge in [0.25, 0.3) is 0 Å². The van der Waals surface area contributed by atoms with E-state index in [2.05, 4.69) is 14.7 Å². The Morgan fingerprint density at radius 1 is 1.58 bits per heavy atom. The lowest BCUT2D eigenvalue weighted by molar-refractivity contribution is 0.0519. The third-order valence-electron chi connectivity index (χ3n) is 1.12. The minimum Gasteiger partial charge on any atom is -0.461 e. The first-order valence-corrected chi connectivity index (χ1v) is 3.77. The van der Waals surface area contributed by atoms with Crippen molar-refractivity contribution in [1.29, 1.82) is 0 Å². The van der Waals surface area contributed by atoms with Gasteiger partial charge in [-0.3, -0.25) is 0 Å². The molecule has 1 heterocycles. The minimum atomic E-state index is -0.546. The van der Waals surface area contributed by atoms with Crippen LogP contribution in [0.2, 0.25) is 5.15 Å². The summed E-state index contributed by atoms with van der Waals surface area (Å²) in [7, 11) is 0. The summed E-state index contributed by atoms with van der Waals surface area (Å²) in [5.41, 5.74) is 0.0565. The molecule has 64 valence electrons. The summed E-state index contributed by atoms with van der Waals surface area (Å²) >= 11 is 5.58. The van der Waals surface area contributed by atoms with Gasteiger partial charge in [-0.1, -0.05) is 11.6 Å². The van der Waals surface area contributed by atoms with Gasteiger partial charge in [-0.2, -0.15) is 0 Å². The molecule has 5 heteroatoms. The molecule has 0 amide bonds. The quantitative estimate of drug-likeness (QED) is 0.654. The molecule has 0 aromatic carbocycles. The molecule has 0 aliphatic carbocycles. The molecule has 0 saturated carbocycles. The van der Waals surface area contributed by atoms with E-state index in [1.54, 1.807) is 6.92 Å². The van der Waals surface area contributed by atoms with Gasteiger partial charge in [-0.25, -0.2) is 14.8 Å². The highest BCUT2D eigenvalue weighted by molar-refractivity contribution is 6.32. The second kappa shape index (κ2) is 4.01. The molecule has 1 aromatic rings. The average Bonchev–Trinajstić information content (AvgIpc) is 2.05. The van der Waals surface area contributed by atoms with E-state index in [1.807, 2.05) is 0 Å². The Kier molecular flexibility index (Phi) is 2.99. The van der Waals surface area contributed by atoms with Gasteiger partial charge in [0, 0.05) is 12.4 Å². The predicted molar refractivity (Wildman–Crippen MR) is 43.0 cm³/mol. The number of carbonyl (C=O) groups excluding carboxylic acids is 1. The highest BCUT2D eigenvalue weighted by Crippen LogP contribution is 2.09. The summed E-state index contributed by atoms with van der Waals surface area (Å²) in [5.74, 6) is -0.546. The Bertz CT molecular complexity index is 290. The van der Waals surface area contributed by atoms with Crippen LogP contribution in [0, 0.1) is 0 Å². The molecule has 0 spiro atoms. The highest BCUT2D eigenvalue weighted by atomic mass is 35.5. The molecule has 0 aliphatic rings. The summed E-state index contributed by atoms with van der Waals surface area (Å²) in [6.07, 6.45) is 2.79. The first kappa shape index (κ1) is 8.93. The molecule has 0 unspecified atom stereocenters. The van der Waals surface area contributed by atoms with Crippen molar-refractivity contribution in [1.82, 2.24) is 9.97 Å². The van der Waals surface area contributed by atoms with E-state index in [4.69, 9.17) is 11.6 Å². The third-order valence-corrected chi connectivity index (χ3v) is 1.40. The van der Waals surface area contributed by atoms with Crippen molar-refractivity contribution in [3.05, 3.63) is 23.2 Å². The third kappa shape index (κ3) is 1.92. The summed E-state index contributed by atoms with van der Waals surface area (Å²) in [4.78, 5) is 18.5. The fraction of sp³-hybridized carbons (Fsp3) is 0.286. The van der Waals surface area contributed by atoms with Crippen molar-refractivity contribution in [2.24, 2.45) is 0 Å². The maximum atomic E-state index is 11.1. The Morgan fingerprint density at radius 2 is 2.25 bits per heavy atom. The number of aromatic nitrogens is 2. The van der Waals surface area contributed by atoms with Crippen LogP contribution >= 0.6 is 11.6 Å². The molecule has 1 aromatic heterocycles. The molecular weight excluding hydrogens is 180 g/mol. The van der Waals surface area contributed by atoms with E-state index in [-0.39, 0.29) is 10.8 Å². The topological polar surface area (TPSA) is 52.1 Å². The number of hydrogen-bond donors (Lipinski definition) is 0. The monoisotopic (exact) mass is 186 g/mol. The summed E-state index contributed by atoms with van der Waals surface area (Å²) in [5, 5.41) is 0.0657. The first-order chi connectivity index (χ1) is 5.75. The van der Waals surface area contributed by atoms with Gasteiger partial charge in [0.1, 0.15) is 0 Å². The molecule has 12 heavy (non-hydrogen) atoms. The van der Waals surface area contributed by atoms with Crippen molar-refractivity contribution in [3.63, 3.8) is 0 Å². The highest BCUT2D eigenvalue weighted by Gasteiger charge is 2.12. The van der Waals surface area contributed by atoms with Crippen molar-refractivity contribution >= 4 is 17.6 Å². The van der Waals surface area contributed by atoms with Gasteiger partial charge in [-0.05, 0) is 6.92 Å². The van der Waals surface area contributed by atoms with Crippen LogP contribution in [0.3, 0.4) is 0 Å². The predicted octanol–water partition coefficient (Wildman–Crippen LogP) is 1.31. The molecule has 1 rings (SSSR count). The van der Waals surface area contributed by atoms with E-state index >= 15 is 0 Å². The van der Waals surface area contributed by atoms with E-state index in [0.29, 0.717) is 6.61 Å². The van der Waals surface area contributed by atoms with Gasteiger partial charge in [0.2, 0.25) is 0 Å². The van der Waals surface area contributed by atoms with Crippen LogP contribution in [0.5, 0.6) is 0 Å². The first-order valence-electron chi connectivity index (χ1n) is 3.39. The Morgan fingerprint density at radius 3 is 2.83 bits per heavy atom. The summed E-state index contributed by atoms with van der Waals surface area (Å²) in [6, 6.07) is 0. The van der Waals surface area contributed by atoms with Crippen molar-refractivity contribution < 1.29 is 9.53 Å². The molecule has 0 saturated heterocycles. The maximum Gasteiger partial charge on any atom is 0.360 e. The molecule has 4 nitrogen and oxygen atoms in total. The molecule has 0 N–H and O–H groups in total. The van der Waals surface area contributed by atoms with Crippen LogP contribution in [0.1, 0.15) is 17.4 Å². The fourth-order valence-corrected chi connectivity index (χ4v) is 0.840. The maximum absolute atomic E-state index is 11.1. The van der Waals surface area contributed by atoms with Crippen molar-refractivity contribution in [3.8, 4) is 0 Å². The van der Waals surface area contributed by atoms with E-state index in [1.165, 1.54) is 12.4 Å². The van der Waals surface area contributed by atoms with Crippen molar-refractivity contribution in [2.75, 3.05) is 6.61 Å². The van der Waals surface area contributed by atoms with Gasteiger partial charge < -0.3 is 4.74 Å². The van der Waals surface area contributed by atoms with E-state index in [0.717, 1.165) is 0 Å². The van der Waals surface area contributed by atoms with Gasteiger partial charge >= 0.3 is 5.97 Å². The van der Waals surface area contributed by atoms with Crippen molar-refractivity contribution in [2.45, 2.75) is 6.92 Å². The molecule has 0 radical (unpaired) electrons. The molecule has 0 fully saturated rings. The minimum absolute atomic E-state index is 0.0565. The SMILES string of the molecule is CCOC(=O)c1nccnc1Cl. The normalized spacial score (nSPS) is 9.50. The lowest BCUT2D eigenvalue weighted by atomic mass is 10.4.